The maximum absolute atomic E-state index is 4.74. The molecule has 0 radical (unpaired) electrons. The average Bonchev–Trinajstić information content (AvgIpc) is 2.67. The highest BCUT2D eigenvalue weighted by molar-refractivity contribution is 5.82. The predicted molar refractivity (Wildman–Crippen MR) is 70.3 cm³/mol. The molecule has 1 aliphatic rings. The first-order valence-electron chi connectivity index (χ1n) is 6.42. The van der Waals surface area contributed by atoms with Crippen molar-refractivity contribution in [3.05, 3.63) is 29.5 Å². The largest absolute Gasteiger partial charge is 0.317 e. The van der Waals surface area contributed by atoms with Crippen LogP contribution in [0, 0.1) is 13.8 Å². The summed E-state index contributed by atoms with van der Waals surface area (Å²) in [5.74, 6) is 0. The Balaban J connectivity index is 2.11. The molecule has 3 nitrogen and oxygen atoms in total. The number of nitrogens with zero attached hydrogens (tertiary/aromatic N) is 2. The van der Waals surface area contributed by atoms with Crippen LogP contribution in [0.5, 0.6) is 0 Å². The molecule has 0 amide bonds. The van der Waals surface area contributed by atoms with E-state index in [1.165, 1.54) is 29.3 Å². The average molecular weight is 229 g/mol. The Labute approximate surface area is 102 Å². The lowest BCUT2D eigenvalue weighted by Gasteiger charge is -2.23. The van der Waals surface area contributed by atoms with Crippen LogP contribution in [0.2, 0.25) is 0 Å². The smallest absolute Gasteiger partial charge is 0.0691 e. The van der Waals surface area contributed by atoms with E-state index in [4.69, 9.17) is 5.10 Å². The third-order valence-electron chi connectivity index (χ3n) is 3.70. The fourth-order valence-electron chi connectivity index (χ4n) is 2.74. The topological polar surface area (TPSA) is 29.9 Å². The summed E-state index contributed by atoms with van der Waals surface area (Å²) in [5, 5.41) is 9.45. The molecule has 1 aromatic heterocycles. The van der Waals surface area contributed by atoms with E-state index in [2.05, 4.69) is 42.0 Å². The minimum atomic E-state index is 0.564. The molecule has 2 aromatic rings. The van der Waals surface area contributed by atoms with Crippen LogP contribution in [0.1, 0.15) is 30.1 Å². The molecule has 17 heavy (non-hydrogen) atoms. The summed E-state index contributed by atoms with van der Waals surface area (Å²) in [5.41, 5.74) is 3.76. The first-order chi connectivity index (χ1) is 8.25. The minimum Gasteiger partial charge on any atom is -0.317 e. The van der Waals surface area contributed by atoms with Crippen LogP contribution in [-0.2, 0) is 0 Å². The van der Waals surface area contributed by atoms with E-state index in [-0.39, 0.29) is 0 Å². The highest BCUT2D eigenvalue weighted by Gasteiger charge is 2.18. The number of benzene rings is 1. The third kappa shape index (κ3) is 1.84. The maximum Gasteiger partial charge on any atom is 0.0691 e. The van der Waals surface area contributed by atoms with Gasteiger partial charge in [-0.25, -0.2) is 0 Å². The van der Waals surface area contributed by atoms with Crippen LogP contribution in [0.4, 0.5) is 0 Å². The van der Waals surface area contributed by atoms with Gasteiger partial charge in [0.25, 0.3) is 0 Å². The van der Waals surface area contributed by atoms with E-state index < -0.39 is 0 Å². The molecule has 0 spiro atoms. The van der Waals surface area contributed by atoms with E-state index in [9.17, 15) is 0 Å². The molecule has 1 aliphatic heterocycles. The Kier molecular flexibility index (Phi) is 2.63. The number of aromatic nitrogens is 2. The van der Waals surface area contributed by atoms with Gasteiger partial charge in [0, 0.05) is 5.39 Å². The van der Waals surface area contributed by atoms with Crippen LogP contribution >= 0.6 is 0 Å². The van der Waals surface area contributed by atoms with Crippen molar-refractivity contribution in [1.29, 1.82) is 0 Å². The fourth-order valence-corrected chi connectivity index (χ4v) is 2.74. The second-order valence-corrected chi connectivity index (χ2v) is 5.03. The van der Waals surface area contributed by atoms with Gasteiger partial charge in [0.05, 0.1) is 17.3 Å². The molecule has 1 aromatic carbocycles. The van der Waals surface area contributed by atoms with Crippen molar-refractivity contribution in [2.45, 2.75) is 32.7 Å². The lowest BCUT2D eigenvalue weighted by molar-refractivity contribution is 0.350. The number of hydrogen-bond acceptors (Lipinski definition) is 2. The lowest BCUT2D eigenvalue weighted by Crippen LogP contribution is -2.29. The number of fused-ring (bicyclic) bond motifs is 1. The monoisotopic (exact) mass is 229 g/mol. The van der Waals surface area contributed by atoms with Crippen LogP contribution in [-0.4, -0.2) is 22.9 Å². The van der Waals surface area contributed by atoms with Gasteiger partial charge in [-0.05, 0) is 51.4 Å². The Morgan fingerprint density at radius 1 is 1.24 bits per heavy atom. The van der Waals surface area contributed by atoms with E-state index in [0.717, 1.165) is 18.8 Å². The molecule has 0 aliphatic carbocycles. The summed E-state index contributed by atoms with van der Waals surface area (Å²) >= 11 is 0. The molecule has 1 fully saturated rings. The van der Waals surface area contributed by atoms with Gasteiger partial charge in [0.15, 0.2) is 0 Å². The Morgan fingerprint density at radius 2 is 2.00 bits per heavy atom. The van der Waals surface area contributed by atoms with Crippen molar-refractivity contribution in [3.8, 4) is 0 Å². The lowest BCUT2D eigenvalue weighted by atomic mass is 10.1. The van der Waals surface area contributed by atoms with Gasteiger partial charge in [-0.2, -0.15) is 5.10 Å². The Bertz CT molecular complexity index is 536. The molecule has 90 valence electrons. The predicted octanol–water partition coefficient (Wildman–Crippen LogP) is 2.58. The maximum atomic E-state index is 4.74. The Morgan fingerprint density at radius 3 is 2.76 bits per heavy atom. The van der Waals surface area contributed by atoms with E-state index in [0.29, 0.717) is 6.04 Å². The van der Waals surface area contributed by atoms with E-state index in [1.54, 1.807) is 0 Å². The second-order valence-electron chi connectivity index (χ2n) is 5.03. The van der Waals surface area contributed by atoms with Gasteiger partial charge >= 0.3 is 0 Å². The summed E-state index contributed by atoms with van der Waals surface area (Å²) in [6, 6.07) is 7.19. The Hall–Kier alpha value is -1.35. The summed E-state index contributed by atoms with van der Waals surface area (Å²) in [7, 11) is 0. The van der Waals surface area contributed by atoms with Crippen molar-refractivity contribution in [2.24, 2.45) is 0 Å². The van der Waals surface area contributed by atoms with Crippen LogP contribution in [0.3, 0.4) is 0 Å². The van der Waals surface area contributed by atoms with Crippen LogP contribution in [0.25, 0.3) is 10.9 Å². The highest BCUT2D eigenvalue weighted by Crippen LogP contribution is 2.26. The van der Waals surface area contributed by atoms with Gasteiger partial charge in [-0.1, -0.05) is 12.1 Å². The summed E-state index contributed by atoms with van der Waals surface area (Å²) in [6.07, 6.45) is 2.37. The molecule has 3 rings (SSSR count). The summed E-state index contributed by atoms with van der Waals surface area (Å²) in [4.78, 5) is 0. The molecular formula is C14H19N3. The minimum absolute atomic E-state index is 0.564. The second kappa shape index (κ2) is 4.15. The first kappa shape index (κ1) is 10.8. The van der Waals surface area contributed by atoms with E-state index in [1.807, 2.05) is 0 Å². The first-order valence-corrected chi connectivity index (χ1v) is 6.42. The van der Waals surface area contributed by atoms with Crippen molar-refractivity contribution in [1.82, 2.24) is 15.1 Å². The van der Waals surface area contributed by atoms with Crippen molar-refractivity contribution in [2.75, 3.05) is 13.1 Å². The SMILES string of the molecule is Cc1ccc2c(C)nn(C3CCNCC3)c2c1. The number of hydrogen-bond donors (Lipinski definition) is 1. The molecular weight excluding hydrogens is 210 g/mol. The van der Waals surface area contributed by atoms with Crippen LogP contribution < -0.4 is 5.32 Å². The molecule has 3 heteroatoms. The summed E-state index contributed by atoms with van der Waals surface area (Å²) < 4.78 is 2.25. The van der Waals surface area contributed by atoms with Crippen molar-refractivity contribution >= 4 is 10.9 Å². The van der Waals surface area contributed by atoms with Gasteiger partial charge in [-0.3, -0.25) is 4.68 Å². The van der Waals surface area contributed by atoms with Gasteiger partial charge in [0.1, 0.15) is 0 Å². The van der Waals surface area contributed by atoms with Gasteiger partial charge in [0.2, 0.25) is 0 Å². The summed E-state index contributed by atoms with van der Waals surface area (Å²) in [6.45, 7) is 6.47. The molecule has 0 atom stereocenters. The zero-order valence-corrected chi connectivity index (χ0v) is 10.5. The van der Waals surface area contributed by atoms with Crippen LogP contribution in [0.15, 0.2) is 18.2 Å². The number of nitrogens with one attached hydrogen (secondary N) is 1. The molecule has 1 N–H and O–H groups in total. The van der Waals surface area contributed by atoms with Crippen molar-refractivity contribution < 1.29 is 0 Å². The number of rotatable bonds is 1. The third-order valence-corrected chi connectivity index (χ3v) is 3.70. The fraction of sp³-hybridized carbons (Fsp3) is 0.500. The molecule has 0 unspecified atom stereocenters. The van der Waals surface area contributed by atoms with Gasteiger partial charge < -0.3 is 5.32 Å². The molecule has 2 heterocycles. The number of aryl methyl sites for hydroxylation is 2. The standard InChI is InChI=1S/C14H19N3/c1-10-3-4-13-11(2)16-17(14(13)9-10)12-5-7-15-8-6-12/h3-4,9,12,15H,5-8H2,1-2H3. The zero-order valence-electron chi connectivity index (χ0n) is 10.5. The zero-order chi connectivity index (χ0) is 11.8. The number of piperidine rings is 1. The highest BCUT2D eigenvalue weighted by atomic mass is 15.3. The molecule has 0 saturated carbocycles. The van der Waals surface area contributed by atoms with Gasteiger partial charge in [-0.15, -0.1) is 0 Å². The van der Waals surface area contributed by atoms with E-state index >= 15 is 0 Å². The quantitative estimate of drug-likeness (QED) is 0.814. The van der Waals surface area contributed by atoms with Crippen molar-refractivity contribution in [3.63, 3.8) is 0 Å². The normalized spacial score (nSPS) is 17.8. The molecule has 0 bridgehead atoms. The molecule has 1 saturated heterocycles.